The highest BCUT2D eigenvalue weighted by Gasteiger charge is 2.22. The summed E-state index contributed by atoms with van der Waals surface area (Å²) in [5.74, 6) is -0.584. The van der Waals surface area contributed by atoms with E-state index in [0.29, 0.717) is 32.2 Å². The Kier molecular flexibility index (Phi) is 8.59. The minimum Gasteiger partial charge on any atom is -0.447 e. The number of carbonyl (C=O) groups excluding carboxylic acids is 1. The lowest BCUT2D eigenvalue weighted by atomic mass is 10.2. The van der Waals surface area contributed by atoms with E-state index < -0.39 is 17.8 Å². The fourth-order valence-corrected chi connectivity index (χ4v) is 3.97. The van der Waals surface area contributed by atoms with Gasteiger partial charge in [0.2, 0.25) is 5.89 Å². The molecule has 1 fully saturated rings. The molecule has 0 spiro atoms. The number of oxazole rings is 1. The van der Waals surface area contributed by atoms with E-state index in [-0.39, 0.29) is 11.4 Å². The molecule has 1 amide bonds. The third kappa shape index (κ3) is 7.43. The first-order valence-corrected chi connectivity index (χ1v) is 11.7. The summed E-state index contributed by atoms with van der Waals surface area (Å²) in [5, 5.41) is 12.8. The van der Waals surface area contributed by atoms with Crippen LogP contribution in [0.15, 0.2) is 59.2 Å². The molecule has 9 heteroatoms. The van der Waals surface area contributed by atoms with Crippen LogP contribution in [-0.2, 0) is 17.9 Å². The molecule has 4 rings (SSSR count). The van der Waals surface area contributed by atoms with Gasteiger partial charge in [0, 0.05) is 32.7 Å². The summed E-state index contributed by atoms with van der Waals surface area (Å²) in [6.45, 7) is 6.82. The molecule has 1 unspecified atom stereocenters. The minimum atomic E-state index is -0.545. The second kappa shape index (κ2) is 12.0. The van der Waals surface area contributed by atoms with E-state index in [1.165, 1.54) is 12.3 Å². The summed E-state index contributed by atoms with van der Waals surface area (Å²) >= 11 is 0. The van der Waals surface area contributed by atoms with Crippen molar-refractivity contribution in [1.82, 2.24) is 14.8 Å². The summed E-state index contributed by atoms with van der Waals surface area (Å²) in [4.78, 5) is 21.1. The van der Waals surface area contributed by atoms with Crippen LogP contribution in [0.3, 0.4) is 0 Å². The molecule has 3 aromatic rings. The normalized spacial score (nSPS) is 15.7. The van der Waals surface area contributed by atoms with Gasteiger partial charge in [-0.3, -0.25) is 14.6 Å². The molecular weight excluding hydrogens is 451 g/mol. The summed E-state index contributed by atoms with van der Waals surface area (Å²) in [6, 6.07) is 14.4. The molecule has 2 heterocycles. The molecule has 0 saturated carbocycles. The summed E-state index contributed by atoms with van der Waals surface area (Å²) < 4.78 is 25.0. The maximum atomic E-state index is 13.9. The van der Waals surface area contributed by atoms with Gasteiger partial charge in [-0.15, -0.1) is 0 Å². The van der Waals surface area contributed by atoms with Gasteiger partial charge in [-0.05, 0) is 30.2 Å². The minimum absolute atomic E-state index is 0.109. The number of anilines is 1. The van der Waals surface area contributed by atoms with Crippen LogP contribution in [0.25, 0.3) is 0 Å². The van der Waals surface area contributed by atoms with Crippen LogP contribution in [0.4, 0.5) is 10.1 Å². The number of nitrogens with zero attached hydrogens (tertiary/aromatic N) is 3. The van der Waals surface area contributed by atoms with E-state index in [2.05, 4.69) is 20.1 Å². The monoisotopic (exact) mass is 482 g/mol. The Morgan fingerprint density at radius 1 is 1.17 bits per heavy atom. The third-order valence-electron chi connectivity index (χ3n) is 5.87. The highest BCUT2D eigenvalue weighted by Crippen LogP contribution is 2.17. The number of rotatable bonds is 10. The standard InChI is InChI=1S/C26H31FN4O4/c1-19-7-8-22(27)23(13-19)29-26(33)24-18-35-25(28-24)15-31-11-9-30(10-12-31)14-21(32)17-34-16-20-5-3-2-4-6-20/h2-8,13,18,21,32H,9-12,14-17H2,1H3,(H,29,33). The van der Waals surface area contributed by atoms with Gasteiger partial charge in [-0.25, -0.2) is 9.37 Å². The lowest BCUT2D eigenvalue weighted by molar-refractivity contribution is 0.000371. The number of halogens is 1. The van der Waals surface area contributed by atoms with E-state index in [4.69, 9.17) is 9.15 Å². The number of β-amino-alcohol motifs (C(OH)–C–C–N with tert-alkyl or cyclic N) is 1. The number of aryl methyl sites for hydroxylation is 1. The predicted molar refractivity (Wildman–Crippen MR) is 129 cm³/mol. The van der Waals surface area contributed by atoms with Gasteiger partial charge in [0.15, 0.2) is 5.69 Å². The van der Waals surface area contributed by atoms with E-state index in [1.807, 2.05) is 37.3 Å². The number of piperazine rings is 1. The predicted octanol–water partition coefficient (Wildman–Crippen LogP) is 3.07. The SMILES string of the molecule is Cc1ccc(F)c(NC(=O)c2coc(CN3CCN(CC(O)COCc4ccccc4)CC3)n2)c1. The average molecular weight is 483 g/mol. The number of carbonyl (C=O) groups is 1. The number of aliphatic hydroxyl groups excluding tert-OH is 1. The average Bonchev–Trinajstić information content (AvgIpc) is 3.32. The number of hydrogen-bond acceptors (Lipinski definition) is 7. The van der Waals surface area contributed by atoms with Crippen LogP contribution in [-0.4, -0.2) is 71.2 Å². The first-order valence-electron chi connectivity index (χ1n) is 11.7. The summed E-state index contributed by atoms with van der Waals surface area (Å²) in [5.41, 5.74) is 2.15. The zero-order valence-corrected chi connectivity index (χ0v) is 19.8. The number of ether oxygens (including phenoxy) is 1. The second-order valence-electron chi connectivity index (χ2n) is 8.80. The van der Waals surface area contributed by atoms with Gasteiger partial charge < -0.3 is 19.6 Å². The van der Waals surface area contributed by atoms with Crippen LogP contribution in [0.1, 0.15) is 27.5 Å². The molecule has 0 bridgehead atoms. The highest BCUT2D eigenvalue weighted by molar-refractivity contribution is 6.02. The van der Waals surface area contributed by atoms with Crippen molar-refractivity contribution in [3.63, 3.8) is 0 Å². The first kappa shape index (κ1) is 25.0. The largest absolute Gasteiger partial charge is 0.447 e. The van der Waals surface area contributed by atoms with Crippen molar-refractivity contribution in [2.45, 2.75) is 26.2 Å². The lowest BCUT2D eigenvalue weighted by Gasteiger charge is -2.34. The molecule has 1 saturated heterocycles. The van der Waals surface area contributed by atoms with E-state index >= 15 is 0 Å². The van der Waals surface area contributed by atoms with E-state index in [0.717, 1.165) is 37.3 Å². The summed E-state index contributed by atoms with van der Waals surface area (Å²) in [7, 11) is 0. The molecule has 1 aliphatic heterocycles. The number of aromatic nitrogens is 1. The van der Waals surface area contributed by atoms with Crippen LogP contribution in [0.5, 0.6) is 0 Å². The molecule has 2 aromatic carbocycles. The Morgan fingerprint density at radius 3 is 2.69 bits per heavy atom. The van der Waals surface area contributed by atoms with Crippen LogP contribution >= 0.6 is 0 Å². The fourth-order valence-electron chi connectivity index (χ4n) is 3.97. The van der Waals surface area contributed by atoms with Crippen molar-refractivity contribution < 1.29 is 23.4 Å². The highest BCUT2D eigenvalue weighted by atomic mass is 19.1. The smallest absolute Gasteiger partial charge is 0.277 e. The van der Waals surface area contributed by atoms with Crippen molar-refractivity contribution in [3.05, 3.63) is 83.3 Å². The molecule has 35 heavy (non-hydrogen) atoms. The van der Waals surface area contributed by atoms with Crippen molar-refractivity contribution >= 4 is 11.6 Å². The molecule has 186 valence electrons. The summed E-state index contributed by atoms with van der Waals surface area (Å²) in [6.07, 6.45) is 0.747. The fraction of sp³-hybridized carbons (Fsp3) is 0.385. The first-order chi connectivity index (χ1) is 17.0. The Bertz CT molecular complexity index is 1100. The number of amides is 1. The zero-order valence-electron chi connectivity index (χ0n) is 19.8. The molecule has 1 aromatic heterocycles. The van der Waals surface area contributed by atoms with Crippen LogP contribution in [0, 0.1) is 12.7 Å². The van der Waals surface area contributed by atoms with E-state index in [9.17, 15) is 14.3 Å². The topological polar surface area (TPSA) is 91.1 Å². The van der Waals surface area contributed by atoms with Crippen molar-refractivity contribution in [3.8, 4) is 0 Å². The number of nitrogens with one attached hydrogen (secondary N) is 1. The maximum absolute atomic E-state index is 13.9. The Balaban J connectivity index is 1.17. The van der Waals surface area contributed by atoms with Gasteiger partial charge in [0.1, 0.15) is 12.1 Å². The molecule has 0 radical (unpaired) electrons. The van der Waals surface area contributed by atoms with Crippen molar-refractivity contribution in [2.75, 3.05) is 44.6 Å². The molecule has 1 atom stereocenters. The number of aliphatic hydroxyl groups is 1. The van der Waals surface area contributed by atoms with Gasteiger partial charge >= 0.3 is 0 Å². The lowest BCUT2D eigenvalue weighted by Crippen LogP contribution is -2.48. The van der Waals surface area contributed by atoms with Crippen LogP contribution < -0.4 is 5.32 Å². The molecule has 0 aliphatic carbocycles. The van der Waals surface area contributed by atoms with Crippen LogP contribution in [0.2, 0.25) is 0 Å². The number of benzene rings is 2. The zero-order chi connectivity index (χ0) is 24.6. The molecular formula is C26H31FN4O4. The van der Waals surface area contributed by atoms with Gasteiger partial charge in [0.25, 0.3) is 5.91 Å². The third-order valence-corrected chi connectivity index (χ3v) is 5.87. The van der Waals surface area contributed by atoms with E-state index in [1.54, 1.807) is 12.1 Å². The van der Waals surface area contributed by atoms with Crippen molar-refractivity contribution in [2.24, 2.45) is 0 Å². The molecule has 8 nitrogen and oxygen atoms in total. The maximum Gasteiger partial charge on any atom is 0.277 e. The Morgan fingerprint density at radius 2 is 1.91 bits per heavy atom. The molecule has 1 aliphatic rings. The Hall–Kier alpha value is -3.11. The Labute approximate surface area is 204 Å². The number of hydrogen-bond donors (Lipinski definition) is 2. The quantitative estimate of drug-likeness (QED) is 0.459. The van der Waals surface area contributed by atoms with Crippen molar-refractivity contribution in [1.29, 1.82) is 0 Å². The molecule has 2 N–H and O–H groups in total. The van der Waals surface area contributed by atoms with Gasteiger partial charge in [-0.2, -0.15) is 0 Å². The van der Waals surface area contributed by atoms with Gasteiger partial charge in [-0.1, -0.05) is 36.4 Å². The second-order valence-corrected chi connectivity index (χ2v) is 8.80. The van der Waals surface area contributed by atoms with Gasteiger partial charge in [0.05, 0.1) is 31.5 Å².